The molecule has 2 aromatic rings. The number of aryl methyl sites for hydroxylation is 4. The average molecular weight is 1080 g/mol. The minimum absolute atomic E-state index is 1.04. The zero-order chi connectivity index (χ0) is 52.4. The van der Waals surface area contributed by atoms with E-state index >= 15 is 0 Å². The normalized spacial score (nSPS) is 12.8. The third-order valence-corrected chi connectivity index (χ3v) is 18.1. The van der Waals surface area contributed by atoms with E-state index in [0.717, 1.165) is 55.1 Å². The Balaban J connectivity index is 0.000000710. The van der Waals surface area contributed by atoms with Crippen molar-refractivity contribution in [3.8, 4) is 0 Å². The summed E-state index contributed by atoms with van der Waals surface area (Å²) in [5.74, 6) is 0. The predicted molar refractivity (Wildman–Crippen MR) is 320 cm³/mol. The first-order valence-corrected chi connectivity index (χ1v) is 34.1. The van der Waals surface area contributed by atoms with Gasteiger partial charge in [-0.1, -0.05) is 131 Å². The van der Waals surface area contributed by atoms with Gasteiger partial charge in [0, 0.05) is 22.3 Å². The van der Waals surface area contributed by atoms with Gasteiger partial charge >= 0.3 is 144 Å². The summed E-state index contributed by atoms with van der Waals surface area (Å²) < 4.78 is 1.67. The second-order valence-corrected chi connectivity index (χ2v) is 24.8. The van der Waals surface area contributed by atoms with Crippen molar-refractivity contribution in [3.05, 3.63) is 85.5 Å². The van der Waals surface area contributed by atoms with Crippen LogP contribution in [0.15, 0.2) is 35.4 Å². The molecule has 3 heteroatoms. The van der Waals surface area contributed by atoms with Gasteiger partial charge in [0.1, 0.15) is 0 Å². The number of rotatable bonds is 45. The van der Waals surface area contributed by atoms with Crippen molar-refractivity contribution in [1.82, 2.24) is 0 Å². The van der Waals surface area contributed by atoms with Crippen molar-refractivity contribution >= 4 is 11.4 Å². The van der Waals surface area contributed by atoms with Crippen LogP contribution in [-0.4, -0.2) is 4.70 Å². The van der Waals surface area contributed by atoms with Crippen LogP contribution in [0, 0.1) is 20.8 Å². The maximum absolute atomic E-state index is 12.6. The Bertz CT molecular complexity index is 1670. The van der Waals surface area contributed by atoms with E-state index in [1.54, 1.807) is 31.2 Å². The molecule has 0 fully saturated rings. The van der Waals surface area contributed by atoms with Crippen LogP contribution < -0.4 is 0 Å². The van der Waals surface area contributed by atoms with Gasteiger partial charge in [0.2, 0.25) is 11.4 Å². The van der Waals surface area contributed by atoms with E-state index in [4.69, 9.17) is 0 Å². The molecule has 0 saturated heterocycles. The number of allylic oxidation sites excluding steroid dienone is 2. The quantitative estimate of drug-likeness (QED) is 0.0359. The summed E-state index contributed by atoms with van der Waals surface area (Å²) in [6.45, 7) is 22.9. The molecule has 2 aromatic carbocycles. The summed E-state index contributed by atoms with van der Waals surface area (Å²) in [6.07, 6.45) is 54.6. The van der Waals surface area contributed by atoms with Crippen molar-refractivity contribution < 1.29 is 22.7 Å². The molecule has 0 amide bonds. The standard InChI is InChI=1S/C49H78N2.2C10H21.Pd/c1-9-14-19-24-29-41-36-44(37-42(30-25-20-15-10-2)45(41)31-26-21-16-11-3)49-47(33-28-23-18-13-5)46(32-27-22-17-12-4)48(51(49)50)43-34-38(6)40(8)39(7)35-43;2*1-3-5-7-9-10-8-6-4-2;/h34-37H,9-33H2,1-8H3;2*1,3-10H2,2H3;. The van der Waals surface area contributed by atoms with E-state index in [-0.39, 0.29) is 0 Å². The summed E-state index contributed by atoms with van der Waals surface area (Å²) in [4.78, 5) is 3.08. The van der Waals surface area contributed by atoms with Gasteiger partial charge in [-0.05, 0) is 143 Å². The van der Waals surface area contributed by atoms with E-state index in [2.05, 4.69) is 93.5 Å². The number of nitrogens with zero attached hydrogens (tertiary/aromatic N) is 2. The van der Waals surface area contributed by atoms with Crippen LogP contribution >= 0.6 is 0 Å². The molecule has 416 valence electrons. The average Bonchev–Trinajstić information content (AvgIpc) is 3.65. The van der Waals surface area contributed by atoms with Crippen LogP contribution in [0.5, 0.6) is 0 Å². The Morgan fingerprint density at radius 1 is 0.333 bits per heavy atom. The van der Waals surface area contributed by atoms with E-state index in [1.807, 2.05) is 0 Å². The molecule has 0 saturated carbocycles. The molecule has 0 unspecified atom stereocenters. The molecule has 0 spiro atoms. The minimum atomic E-state index is 1.04. The van der Waals surface area contributed by atoms with Gasteiger partial charge in [0.25, 0.3) is 0 Å². The van der Waals surface area contributed by atoms with Crippen LogP contribution in [-0.2, 0) is 37.2 Å². The maximum atomic E-state index is 12.6. The molecule has 72 heavy (non-hydrogen) atoms. The van der Waals surface area contributed by atoms with Gasteiger partial charge in [-0.3, -0.25) is 0 Å². The molecular weight excluding hydrogens is 963 g/mol. The summed E-state index contributed by atoms with van der Waals surface area (Å²) in [6, 6.07) is 9.76. The fourth-order valence-electron chi connectivity index (χ4n) is 11.0. The Kier molecular flexibility index (Phi) is 40.8. The van der Waals surface area contributed by atoms with Gasteiger partial charge in [-0.25, -0.2) is 4.70 Å². The van der Waals surface area contributed by atoms with Crippen LogP contribution in [0.2, 0.25) is 9.79 Å². The van der Waals surface area contributed by atoms with E-state index in [0.29, 0.717) is 0 Å². The molecule has 1 heterocycles. The first-order chi connectivity index (χ1) is 35.2. The fourth-order valence-corrected chi connectivity index (χ4v) is 12.9. The van der Waals surface area contributed by atoms with Crippen LogP contribution in [0.4, 0.5) is 0 Å². The van der Waals surface area contributed by atoms with Crippen LogP contribution in [0.25, 0.3) is 16.9 Å². The van der Waals surface area contributed by atoms with Crippen molar-refractivity contribution in [3.63, 3.8) is 0 Å². The van der Waals surface area contributed by atoms with E-state index < -0.39 is 0 Å². The summed E-state index contributed by atoms with van der Waals surface area (Å²) in [5, 5.41) is 0. The SMILES string of the molecule is CCCCCCC1=C(c2cc(C)c(C)c(C)c2)[N+](=[N-])C(c2cc(CCCCCC)c(CCCCCC)c(CCCCCC)c2)=C1CCCCCC.CCCCCCCCC[CH2][Pd][CH2]CCCCCCCCC. The second kappa shape index (κ2) is 44.3. The van der Waals surface area contributed by atoms with Gasteiger partial charge in [-0.2, -0.15) is 0 Å². The van der Waals surface area contributed by atoms with Gasteiger partial charge in [0.05, 0.1) is 0 Å². The number of hydrogen-bond acceptors (Lipinski definition) is 0. The summed E-state index contributed by atoms with van der Waals surface area (Å²) in [7, 11) is 0. The van der Waals surface area contributed by atoms with Gasteiger partial charge in [-0.15, -0.1) is 0 Å². The first-order valence-electron chi connectivity index (χ1n) is 31.9. The zero-order valence-electron chi connectivity index (χ0n) is 49.9. The van der Waals surface area contributed by atoms with Crippen molar-refractivity contribution in [2.45, 2.75) is 342 Å². The monoisotopic (exact) mass is 1080 g/mol. The molecule has 1 aliphatic heterocycles. The fraction of sp³-hybridized carbons (Fsp3) is 0.768. The number of unbranched alkanes of at least 4 members (excludes halogenated alkanes) is 29. The summed E-state index contributed by atoms with van der Waals surface area (Å²) in [5.41, 5.74) is 28.8. The van der Waals surface area contributed by atoms with Gasteiger partial charge < -0.3 is 5.53 Å². The molecular formula is C69H120N2Pd. The zero-order valence-corrected chi connectivity index (χ0v) is 51.5. The molecule has 0 atom stereocenters. The molecule has 0 bridgehead atoms. The molecule has 0 aromatic heterocycles. The van der Waals surface area contributed by atoms with Crippen LogP contribution in [0.3, 0.4) is 0 Å². The number of hydrogen-bond donors (Lipinski definition) is 0. The van der Waals surface area contributed by atoms with Gasteiger partial charge in [0.15, 0.2) is 0 Å². The molecule has 0 aliphatic carbocycles. The number of benzene rings is 2. The van der Waals surface area contributed by atoms with E-state index in [1.165, 1.54) is 277 Å². The Morgan fingerprint density at radius 2 is 0.611 bits per heavy atom. The second-order valence-electron chi connectivity index (χ2n) is 22.5. The Labute approximate surface area is 459 Å². The van der Waals surface area contributed by atoms with Crippen molar-refractivity contribution in [2.24, 2.45) is 0 Å². The molecule has 1 aliphatic rings. The first kappa shape index (κ1) is 66.3. The third kappa shape index (κ3) is 27.3. The molecule has 2 nitrogen and oxygen atoms in total. The third-order valence-electron chi connectivity index (χ3n) is 15.9. The van der Waals surface area contributed by atoms with Crippen molar-refractivity contribution in [1.29, 1.82) is 0 Å². The molecule has 0 radical (unpaired) electrons. The summed E-state index contributed by atoms with van der Waals surface area (Å²) >= 11 is 1.07. The van der Waals surface area contributed by atoms with Crippen molar-refractivity contribution in [2.75, 3.05) is 0 Å². The Morgan fingerprint density at radius 3 is 0.958 bits per heavy atom. The predicted octanol–water partition coefficient (Wildman–Crippen LogP) is 24.3. The molecule has 3 rings (SSSR count). The van der Waals surface area contributed by atoms with Crippen LogP contribution in [0.1, 0.15) is 337 Å². The van der Waals surface area contributed by atoms with E-state index in [9.17, 15) is 5.53 Å². The molecule has 0 N–H and O–H groups in total. The topological polar surface area (TPSA) is 25.3 Å². The Hall–Kier alpha value is -1.82.